The number of nitrogens with one attached hydrogen (secondary N) is 1. The highest BCUT2D eigenvalue weighted by molar-refractivity contribution is 5.89. The zero-order valence-corrected chi connectivity index (χ0v) is 18.3. The molecule has 166 valence electrons. The molecular weight excluding hydrogens is 398 g/mol. The highest BCUT2D eigenvalue weighted by Crippen LogP contribution is 2.44. The first kappa shape index (κ1) is 21.2. The van der Waals surface area contributed by atoms with Crippen molar-refractivity contribution in [1.82, 2.24) is 5.32 Å². The molecule has 0 atom stereocenters. The summed E-state index contributed by atoms with van der Waals surface area (Å²) in [5.41, 5.74) is 1.23. The number of hydrogen-bond donors (Lipinski definition) is 1. The van der Waals surface area contributed by atoms with Crippen LogP contribution in [0.5, 0.6) is 28.7 Å². The highest BCUT2D eigenvalue weighted by atomic mass is 16.6. The van der Waals surface area contributed by atoms with Gasteiger partial charge in [-0.15, -0.1) is 0 Å². The van der Waals surface area contributed by atoms with E-state index in [4.69, 9.17) is 23.7 Å². The van der Waals surface area contributed by atoms with Gasteiger partial charge in [-0.2, -0.15) is 0 Å². The number of methoxy groups -OCH3 is 3. The van der Waals surface area contributed by atoms with Gasteiger partial charge in [-0.1, -0.05) is 18.9 Å². The van der Waals surface area contributed by atoms with Crippen LogP contribution in [0.1, 0.15) is 36.8 Å². The Balaban J connectivity index is 1.58. The van der Waals surface area contributed by atoms with Crippen molar-refractivity contribution in [2.24, 2.45) is 0 Å². The molecule has 0 aromatic heterocycles. The minimum atomic E-state index is -0.570. The molecule has 0 saturated heterocycles. The van der Waals surface area contributed by atoms with Gasteiger partial charge in [0.1, 0.15) is 19.0 Å². The van der Waals surface area contributed by atoms with Crippen LogP contribution in [0.25, 0.3) is 0 Å². The van der Waals surface area contributed by atoms with E-state index in [-0.39, 0.29) is 5.91 Å². The molecule has 1 aliphatic heterocycles. The van der Waals surface area contributed by atoms with Crippen molar-refractivity contribution in [2.45, 2.75) is 37.6 Å². The zero-order valence-electron chi connectivity index (χ0n) is 18.3. The number of benzene rings is 2. The number of carbonyl (C=O) groups excluding carboxylic acids is 1. The molecule has 1 amide bonds. The van der Waals surface area contributed by atoms with Gasteiger partial charge in [0, 0.05) is 18.2 Å². The Labute approximate surface area is 182 Å². The molecule has 1 heterocycles. The van der Waals surface area contributed by atoms with E-state index < -0.39 is 5.41 Å². The van der Waals surface area contributed by atoms with E-state index in [1.807, 2.05) is 24.3 Å². The first-order valence-electron chi connectivity index (χ1n) is 10.6. The van der Waals surface area contributed by atoms with Crippen molar-refractivity contribution in [1.29, 1.82) is 0 Å². The van der Waals surface area contributed by atoms with Crippen molar-refractivity contribution >= 4 is 5.91 Å². The number of rotatable bonds is 7. The van der Waals surface area contributed by atoms with Gasteiger partial charge in [0.25, 0.3) is 0 Å². The molecule has 4 rings (SSSR count). The van der Waals surface area contributed by atoms with E-state index in [0.717, 1.165) is 42.6 Å². The molecular formula is C24H29NO6. The molecule has 1 fully saturated rings. The van der Waals surface area contributed by atoms with E-state index in [9.17, 15) is 4.79 Å². The molecule has 2 aliphatic rings. The van der Waals surface area contributed by atoms with E-state index in [2.05, 4.69) is 5.32 Å². The normalized spacial score (nSPS) is 16.5. The molecule has 31 heavy (non-hydrogen) atoms. The lowest BCUT2D eigenvalue weighted by molar-refractivity contribution is -0.126. The molecule has 0 bridgehead atoms. The third kappa shape index (κ3) is 3.96. The maximum absolute atomic E-state index is 13.5. The summed E-state index contributed by atoms with van der Waals surface area (Å²) in [7, 11) is 4.76. The van der Waals surface area contributed by atoms with Crippen LogP contribution in [0.3, 0.4) is 0 Å². The number of amides is 1. The smallest absolute Gasteiger partial charge is 0.230 e. The average Bonchev–Trinajstić information content (AvgIpc) is 3.33. The van der Waals surface area contributed by atoms with Crippen molar-refractivity contribution in [3.8, 4) is 28.7 Å². The SMILES string of the molecule is COc1cc(OC)c(OC)cc1CNC(=O)C1(c2ccc3c(c2)OCCO3)CCCC1. The summed E-state index contributed by atoms with van der Waals surface area (Å²) in [4.78, 5) is 13.5. The molecule has 7 nitrogen and oxygen atoms in total. The molecule has 1 saturated carbocycles. The van der Waals surface area contributed by atoms with Crippen LogP contribution in [0.2, 0.25) is 0 Å². The summed E-state index contributed by atoms with van der Waals surface area (Å²) >= 11 is 0. The predicted octanol–water partition coefficient (Wildman–Crippen LogP) is 3.61. The molecule has 1 N–H and O–H groups in total. The van der Waals surface area contributed by atoms with Crippen LogP contribution in [0.15, 0.2) is 30.3 Å². The maximum Gasteiger partial charge on any atom is 0.230 e. The van der Waals surface area contributed by atoms with Gasteiger partial charge in [0.05, 0.1) is 26.7 Å². The Bertz CT molecular complexity index is 951. The van der Waals surface area contributed by atoms with Gasteiger partial charge in [0.2, 0.25) is 5.91 Å². The van der Waals surface area contributed by atoms with E-state index in [1.165, 1.54) is 0 Å². The fourth-order valence-corrected chi connectivity index (χ4v) is 4.54. The second-order valence-electron chi connectivity index (χ2n) is 7.85. The topological polar surface area (TPSA) is 75.2 Å². The van der Waals surface area contributed by atoms with Crippen molar-refractivity contribution < 1.29 is 28.5 Å². The van der Waals surface area contributed by atoms with Gasteiger partial charge in [-0.25, -0.2) is 0 Å². The first-order chi connectivity index (χ1) is 15.1. The third-order valence-corrected chi connectivity index (χ3v) is 6.21. The zero-order chi connectivity index (χ0) is 21.8. The molecule has 2 aromatic rings. The Morgan fingerprint density at radius 2 is 1.55 bits per heavy atom. The third-order valence-electron chi connectivity index (χ3n) is 6.21. The van der Waals surface area contributed by atoms with Crippen molar-refractivity contribution in [2.75, 3.05) is 34.5 Å². The molecule has 0 spiro atoms. The minimum absolute atomic E-state index is 0.0125. The van der Waals surface area contributed by atoms with Crippen LogP contribution in [-0.2, 0) is 16.8 Å². The lowest BCUT2D eigenvalue weighted by Gasteiger charge is -2.30. The van der Waals surface area contributed by atoms with Crippen LogP contribution in [0.4, 0.5) is 0 Å². The fraction of sp³-hybridized carbons (Fsp3) is 0.458. The van der Waals surface area contributed by atoms with Crippen molar-refractivity contribution in [3.05, 3.63) is 41.5 Å². The second-order valence-corrected chi connectivity index (χ2v) is 7.85. The summed E-state index contributed by atoms with van der Waals surface area (Å²) in [5.74, 6) is 3.27. The Morgan fingerprint density at radius 3 is 2.23 bits per heavy atom. The van der Waals surface area contributed by atoms with Crippen LogP contribution in [0, 0.1) is 0 Å². The molecule has 0 radical (unpaired) electrons. The summed E-state index contributed by atoms with van der Waals surface area (Å²) in [6.45, 7) is 1.40. The first-order valence-corrected chi connectivity index (χ1v) is 10.6. The number of fused-ring (bicyclic) bond motifs is 1. The predicted molar refractivity (Wildman–Crippen MR) is 116 cm³/mol. The maximum atomic E-state index is 13.5. The molecule has 2 aromatic carbocycles. The van der Waals surface area contributed by atoms with Crippen molar-refractivity contribution in [3.63, 3.8) is 0 Å². The number of carbonyl (C=O) groups is 1. The minimum Gasteiger partial charge on any atom is -0.496 e. The van der Waals surface area contributed by atoms with Gasteiger partial charge in [-0.05, 0) is 36.6 Å². The summed E-state index contributed by atoms with van der Waals surface area (Å²) in [5, 5.41) is 3.14. The fourth-order valence-electron chi connectivity index (χ4n) is 4.54. The molecule has 7 heteroatoms. The van der Waals surface area contributed by atoms with Crippen LogP contribution in [-0.4, -0.2) is 40.5 Å². The van der Waals surface area contributed by atoms with E-state index >= 15 is 0 Å². The van der Waals surface area contributed by atoms with Gasteiger partial charge < -0.3 is 29.0 Å². The molecule has 1 aliphatic carbocycles. The quantitative estimate of drug-likeness (QED) is 0.728. The summed E-state index contributed by atoms with van der Waals surface area (Å²) in [6, 6.07) is 9.48. The highest BCUT2D eigenvalue weighted by Gasteiger charge is 2.43. The Morgan fingerprint density at radius 1 is 0.903 bits per heavy atom. The average molecular weight is 427 g/mol. The summed E-state index contributed by atoms with van der Waals surface area (Å²) in [6.07, 6.45) is 3.65. The Kier molecular flexibility index (Phi) is 6.11. The molecule has 0 unspecified atom stereocenters. The number of ether oxygens (including phenoxy) is 5. The lowest BCUT2D eigenvalue weighted by Crippen LogP contribution is -2.42. The van der Waals surface area contributed by atoms with Gasteiger partial charge in [-0.3, -0.25) is 4.79 Å². The van der Waals surface area contributed by atoms with E-state index in [0.29, 0.717) is 42.8 Å². The standard InChI is InChI=1S/C24H29NO6/c1-27-19-14-21(29-3)20(28-2)12-16(19)15-25-23(26)24(8-4-5-9-24)17-6-7-18-22(13-17)31-11-10-30-18/h6-7,12-14H,4-5,8-11,15H2,1-3H3,(H,25,26). The van der Waals surface area contributed by atoms with Crippen LogP contribution < -0.4 is 29.0 Å². The second kappa shape index (κ2) is 8.96. The monoisotopic (exact) mass is 427 g/mol. The number of hydrogen-bond acceptors (Lipinski definition) is 6. The van der Waals surface area contributed by atoms with Gasteiger partial charge >= 0.3 is 0 Å². The van der Waals surface area contributed by atoms with Crippen LogP contribution >= 0.6 is 0 Å². The summed E-state index contributed by atoms with van der Waals surface area (Å²) < 4.78 is 27.7. The largest absolute Gasteiger partial charge is 0.496 e. The Hall–Kier alpha value is -3.09. The lowest BCUT2D eigenvalue weighted by atomic mass is 9.77. The van der Waals surface area contributed by atoms with Gasteiger partial charge in [0.15, 0.2) is 23.0 Å². The van der Waals surface area contributed by atoms with E-state index in [1.54, 1.807) is 27.4 Å².